The predicted molar refractivity (Wildman–Crippen MR) is 45.6 cm³/mol. The SMILES string of the molecule is C=C(CC)/C(=C\NC)NC. The van der Waals surface area contributed by atoms with Gasteiger partial charge in [-0.25, -0.2) is 0 Å². The highest BCUT2D eigenvalue weighted by Gasteiger charge is 1.94. The van der Waals surface area contributed by atoms with Crippen molar-refractivity contribution >= 4 is 0 Å². The van der Waals surface area contributed by atoms with Gasteiger partial charge in [-0.2, -0.15) is 0 Å². The van der Waals surface area contributed by atoms with Crippen molar-refractivity contribution in [1.82, 2.24) is 10.6 Å². The Morgan fingerprint density at radius 1 is 1.50 bits per heavy atom. The highest BCUT2D eigenvalue weighted by molar-refractivity contribution is 5.24. The van der Waals surface area contributed by atoms with Gasteiger partial charge in [-0.15, -0.1) is 0 Å². The van der Waals surface area contributed by atoms with Gasteiger partial charge in [0.25, 0.3) is 0 Å². The van der Waals surface area contributed by atoms with Gasteiger partial charge in [0.05, 0.1) is 5.70 Å². The summed E-state index contributed by atoms with van der Waals surface area (Å²) in [6.45, 7) is 5.98. The Kier molecular flexibility index (Phi) is 4.46. The fourth-order valence-corrected chi connectivity index (χ4v) is 0.686. The summed E-state index contributed by atoms with van der Waals surface area (Å²) >= 11 is 0. The van der Waals surface area contributed by atoms with E-state index in [-0.39, 0.29) is 0 Å². The lowest BCUT2D eigenvalue weighted by Crippen LogP contribution is -2.11. The van der Waals surface area contributed by atoms with Crippen LogP contribution in [0.3, 0.4) is 0 Å². The average molecular weight is 140 g/mol. The van der Waals surface area contributed by atoms with Crippen molar-refractivity contribution in [2.45, 2.75) is 13.3 Å². The molecule has 0 aromatic carbocycles. The van der Waals surface area contributed by atoms with Crippen molar-refractivity contribution in [2.75, 3.05) is 14.1 Å². The van der Waals surface area contributed by atoms with Gasteiger partial charge >= 0.3 is 0 Å². The molecule has 58 valence electrons. The van der Waals surface area contributed by atoms with Crippen molar-refractivity contribution in [3.63, 3.8) is 0 Å². The molecule has 0 heterocycles. The standard InChI is InChI=1S/C8H16N2/c1-5-7(2)8(10-4)6-9-3/h6,9-10H,2,5H2,1,3-4H3/b8-6+. The van der Waals surface area contributed by atoms with Gasteiger partial charge < -0.3 is 10.6 Å². The van der Waals surface area contributed by atoms with E-state index in [0.29, 0.717) is 0 Å². The first kappa shape index (κ1) is 9.08. The van der Waals surface area contributed by atoms with Gasteiger partial charge in [-0.3, -0.25) is 0 Å². The summed E-state index contributed by atoms with van der Waals surface area (Å²) in [4.78, 5) is 0. The van der Waals surface area contributed by atoms with Crippen LogP contribution in [0.1, 0.15) is 13.3 Å². The van der Waals surface area contributed by atoms with E-state index in [2.05, 4.69) is 24.1 Å². The van der Waals surface area contributed by atoms with Crippen LogP contribution in [0, 0.1) is 0 Å². The summed E-state index contributed by atoms with van der Waals surface area (Å²) < 4.78 is 0. The fraction of sp³-hybridized carbons (Fsp3) is 0.500. The third-order valence-corrected chi connectivity index (χ3v) is 1.37. The summed E-state index contributed by atoms with van der Waals surface area (Å²) in [7, 11) is 3.77. The summed E-state index contributed by atoms with van der Waals surface area (Å²) in [6, 6.07) is 0. The second-order valence-electron chi connectivity index (χ2n) is 2.05. The topological polar surface area (TPSA) is 24.1 Å². The number of hydrogen-bond donors (Lipinski definition) is 2. The fourth-order valence-electron chi connectivity index (χ4n) is 0.686. The van der Waals surface area contributed by atoms with E-state index in [1.807, 2.05) is 20.3 Å². The Hall–Kier alpha value is -0.920. The predicted octanol–water partition coefficient (Wildman–Crippen LogP) is 1.23. The van der Waals surface area contributed by atoms with Crippen LogP contribution in [-0.2, 0) is 0 Å². The van der Waals surface area contributed by atoms with Gasteiger partial charge in [0, 0.05) is 20.3 Å². The second kappa shape index (κ2) is 4.91. The first-order valence-corrected chi connectivity index (χ1v) is 3.49. The zero-order chi connectivity index (χ0) is 7.98. The molecule has 0 saturated carbocycles. The minimum absolute atomic E-state index is 0.981. The Morgan fingerprint density at radius 2 is 2.10 bits per heavy atom. The van der Waals surface area contributed by atoms with Gasteiger partial charge in [0.2, 0.25) is 0 Å². The molecule has 0 saturated heterocycles. The molecule has 0 radical (unpaired) electrons. The third-order valence-electron chi connectivity index (χ3n) is 1.37. The maximum Gasteiger partial charge on any atom is 0.0523 e. The number of likely N-dealkylation sites (N-methyl/N-ethyl adjacent to an activating group) is 1. The molecule has 0 rings (SSSR count). The zero-order valence-electron chi connectivity index (χ0n) is 6.99. The van der Waals surface area contributed by atoms with Gasteiger partial charge in [0.1, 0.15) is 0 Å². The summed E-state index contributed by atoms with van der Waals surface area (Å²) in [5.41, 5.74) is 2.20. The smallest absolute Gasteiger partial charge is 0.0523 e. The number of hydrogen-bond acceptors (Lipinski definition) is 2. The van der Waals surface area contributed by atoms with E-state index in [1.165, 1.54) is 0 Å². The highest BCUT2D eigenvalue weighted by Crippen LogP contribution is 2.05. The van der Waals surface area contributed by atoms with Crippen LogP contribution in [0.2, 0.25) is 0 Å². The summed E-state index contributed by atoms with van der Waals surface area (Å²) in [5, 5.41) is 6.00. The van der Waals surface area contributed by atoms with Gasteiger partial charge in [0.15, 0.2) is 0 Å². The molecular weight excluding hydrogens is 124 g/mol. The minimum Gasteiger partial charge on any atom is -0.392 e. The molecular formula is C8H16N2. The lowest BCUT2D eigenvalue weighted by molar-refractivity contribution is 0.923. The molecule has 0 aliphatic heterocycles. The summed E-state index contributed by atoms with van der Waals surface area (Å²) in [5.74, 6) is 0. The Balaban J connectivity index is 4.06. The first-order valence-electron chi connectivity index (χ1n) is 3.49. The maximum atomic E-state index is 3.89. The van der Waals surface area contributed by atoms with Crippen LogP contribution in [0.4, 0.5) is 0 Å². The largest absolute Gasteiger partial charge is 0.392 e. The second-order valence-corrected chi connectivity index (χ2v) is 2.05. The number of nitrogens with one attached hydrogen (secondary N) is 2. The molecule has 2 nitrogen and oxygen atoms in total. The van der Waals surface area contributed by atoms with Gasteiger partial charge in [-0.05, 0) is 12.0 Å². The Morgan fingerprint density at radius 3 is 2.40 bits per heavy atom. The molecule has 0 bridgehead atoms. The van der Waals surface area contributed by atoms with Crippen molar-refractivity contribution < 1.29 is 0 Å². The molecule has 0 aliphatic carbocycles. The van der Waals surface area contributed by atoms with Crippen LogP contribution in [0.15, 0.2) is 24.0 Å². The van der Waals surface area contributed by atoms with Crippen molar-refractivity contribution in [2.24, 2.45) is 0 Å². The Labute approximate surface area is 63.0 Å². The van der Waals surface area contributed by atoms with Crippen molar-refractivity contribution in [1.29, 1.82) is 0 Å². The van der Waals surface area contributed by atoms with Crippen LogP contribution in [-0.4, -0.2) is 14.1 Å². The maximum absolute atomic E-state index is 3.89. The molecule has 0 unspecified atom stereocenters. The van der Waals surface area contributed by atoms with E-state index >= 15 is 0 Å². The molecule has 0 aromatic heterocycles. The molecule has 2 N–H and O–H groups in total. The third kappa shape index (κ3) is 2.58. The number of allylic oxidation sites excluding steroid dienone is 1. The van der Waals surface area contributed by atoms with Crippen LogP contribution >= 0.6 is 0 Å². The molecule has 0 spiro atoms. The van der Waals surface area contributed by atoms with E-state index in [9.17, 15) is 0 Å². The molecule has 2 heteroatoms. The average Bonchev–Trinajstić information content (AvgIpc) is 1.99. The first-order chi connectivity index (χ1) is 4.76. The van der Waals surface area contributed by atoms with E-state index in [0.717, 1.165) is 17.7 Å². The van der Waals surface area contributed by atoms with E-state index in [1.54, 1.807) is 0 Å². The summed E-state index contributed by atoms with van der Waals surface area (Å²) in [6.07, 6.45) is 2.89. The lowest BCUT2D eigenvalue weighted by Gasteiger charge is -2.07. The van der Waals surface area contributed by atoms with Crippen molar-refractivity contribution in [3.05, 3.63) is 24.0 Å². The lowest BCUT2D eigenvalue weighted by atomic mass is 10.2. The quantitative estimate of drug-likeness (QED) is 0.574. The molecule has 0 atom stereocenters. The molecule has 0 aliphatic rings. The van der Waals surface area contributed by atoms with E-state index < -0.39 is 0 Å². The van der Waals surface area contributed by atoms with Crippen LogP contribution in [0.5, 0.6) is 0 Å². The minimum atomic E-state index is 0.981. The zero-order valence-corrected chi connectivity index (χ0v) is 6.99. The normalized spacial score (nSPS) is 10.9. The Bertz CT molecular complexity index is 136. The molecule has 10 heavy (non-hydrogen) atoms. The van der Waals surface area contributed by atoms with E-state index in [4.69, 9.17) is 0 Å². The van der Waals surface area contributed by atoms with Crippen LogP contribution in [0.25, 0.3) is 0 Å². The van der Waals surface area contributed by atoms with Gasteiger partial charge in [-0.1, -0.05) is 13.5 Å². The number of rotatable bonds is 4. The monoisotopic (exact) mass is 140 g/mol. The molecule has 0 amide bonds. The van der Waals surface area contributed by atoms with Crippen LogP contribution < -0.4 is 10.6 Å². The van der Waals surface area contributed by atoms with Crippen molar-refractivity contribution in [3.8, 4) is 0 Å². The highest BCUT2D eigenvalue weighted by atomic mass is 14.9. The molecule has 0 aromatic rings. The molecule has 0 fully saturated rings.